The van der Waals surface area contributed by atoms with Gasteiger partial charge in [-0.3, -0.25) is 4.79 Å². The van der Waals surface area contributed by atoms with E-state index in [1.54, 1.807) is 0 Å². The Kier molecular flexibility index (Phi) is 4.88. The molecule has 98 valence electrons. The molecule has 0 radical (unpaired) electrons. The molecule has 1 heterocycles. The summed E-state index contributed by atoms with van der Waals surface area (Å²) in [6, 6.07) is 5.85. The zero-order valence-corrected chi connectivity index (χ0v) is 11.1. The molecule has 1 amide bonds. The number of carbonyl (C=O) groups excluding carboxylic acids is 1. The average molecular weight is 268 g/mol. The van der Waals surface area contributed by atoms with Gasteiger partial charge in [0, 0.05) is 18.0 Å². The molecule has 0 aliphatic carbocycles. The predicted octanol–water partition coefficient (Wildman–Crippen LogP) is 3.36. The number of nitrogens with one attached hydrogen (secondary N) is 1. The van der Waals surface area contributed by atoms with Gasteiger partial charge in [0.2, 0.25) is 5.91 Å². The van der Waals surface area contributed by atoms with E-state index in [1.165, 1.54) is 0 Å². The van der Waals surface area contributed by atoms with Crippen molar-refractivity contribution in [3.63, 3.8) is 0 Å². The molecule has 0 aromatic heterocycles. The lowest BCUT2D eigenvalue weighted by atomic mass is 10.0. The van der Waals surface area contributed by atoms with Crippen molar-refractivity contribution >= 4 is 23.2 Å². The van der Waals surface area contributed by atoms with Crippen LogP contribution in [0.4, 0.5) is 5.69 Å². The zero-order chi connectivity index (χ0) is 12.8. The number of hydrogen-bond donors (Lipinski definition) is 1. The fourth-order valence-corrected chi connectivity index (χ4v) is 2.20. The van der Waals surface area contributed by atoms with E-state index in [4.69, 9.17) is 16.3 Å². The van der Waals surface area contributed by atoms with Crippen molar-refractivity contribution in [2.75, 3.05) is 17.8 Å². The van der Waals surface area contributed by atoms with Gasteiger partial charge in [0.15, 0.2) is 0 Å². The van der Waals surface area contributed by atoms with Crippen LogP contribution in [0.5, 0.6) is 5.75 Å². The maximum Gasteiger partial charge on any atom is 0.224 e. The maximum atomic E-state index is 11.2. The quantitative estimate of drug-likeness (QED) is 0.634. The Bertz CT molecular complexity index is 420. The normalized spacial score (nSPS) is 13.9. The molecule has 0 bridgehead atoms. The number of rotatable bonds is 6. The van der Waals surface area contributed by atoms with Crippen LogP contribution in [0.3, 0.4) is 0 Å². The molecule has 0 unspecified atom stereocenters. The Hall–Kier alpha value is -1.22. The van der Waals surface area contributed by atoms with Crippen molar-refractivity contribution in [1.82, 2.24) is 0 Å². The summed E-state index contributed by atoms with van der Waals surface area (Å²) in [5.41, 5.74) is 2.08. The number of ether oxygens (including phenoxy) is 1. The molecule has 1 aliphatic rings. The van der Waals surface area contributed by atoms with Crippen LogP contribution in [0.1, 0.15) is 31.2 Å². The highest BCUT2D eigenvalue weighted by atomic mass is 35.5. The third kappa shape index (κ3) is 3.64. The number of halogens is 1. The minimum Gasteiger partial charge on any atom is -0.494 e. The first-order valence-corrected chi connectivity index (χ1v) is 6.94. The lowest BCUT2D eigenvalue weighted by Gasteiger charge is -2.17. The number of benzene rings is 1. The van der Waals surface area contributed by atoms with E-state index in [1.807, 2.05) is 18.2 Å². The monoisotopic (exact) mass is 267 g/mol. The highest BCUT2D eigenvalue weighted by Gasteiger charge is 2.14. The average Bonchev–Trinajstić information content (AvgIpc) is 2.38. The first-order chi connectivity index (χ1) is 8.79. The molecule has 0 fully saturated rings. The van der Waals surface area contributed by atoms with Gasteiger partial charge in [-0.2, -0.15) is 0 Å². The standard InChI is InChI=1S/C14H18ClNO2/c15-8-2-1-3-9-18-12-5-6-13-11(10-12)4-7-14(17)16-13/h5-6,10H,1-4,7-9H2,(H,16,17). The second-order valence-corrected chi connectivity index (χ2v) is 4.84. The van der Waals surface area contributed by atoms with Gasteiger partial charge in [0.25, 0.3) is 0 Å². The molecule has 18 heavy (non-hydrogen) atoms. The number of unbranched alkanes of at least 4 members (excludes halogenated alkanes) is 2. The van der Waals surface area contributed by atoms with Crippen LogP contribution in [-0.2, 0) is 11.2 Å². The van der Waals surface area contributed by atoms with E-state index in [9.17, 15) is 4.79 Å². The number of amides is 1. The smallest absolute Gasteiger partial charge is 0.224 e. The number of carbonyl (C=O) groups is 1. The SMILES string of the molecule is O=C1CCc2cc(OCCCCCCl)ccc2N1. The Morgan fingerprint density at radius 1 is 1.22 bits per heavy atom. The van der Waals surface area contributed by atoms with Crippen LogP contribution >= 0.6 is 11.6 Å². The van der Waals surface area contributed by atoms with Gasteiger partial charge in [0.05, 0.1) is 6.61 Å². The highest BCUT2D eigenvalue weighted by Crippen LogP contribution is 2.26. The summed E-state index contributed by atoms with van der Waals surface area (Å²) in [6.45, 7) is 0.724. The number of aryl methyl sites for hydroxylation is 1. The van der Waals surface area contributed by atoms with Crippen molar-refractivity contribution in [3.8, 4) is 5.75 Å². The van der Waals surface area contributed by atoms with Gasteiger partial charge in [-0.05, 0) is 49.4 Å². The van der Waals surface area contributed by atoms with E-state index in [0.717, 1.165) is 55.2 Å². The van der Waals surface area contributed by atoms with Crippen molar-refractivity contribution in [3.05, 3.63) is 23.8 Å². The fraction of sp³-hybridized carbons (Fsp3) is 0.500. The van der Waals surface area contributed by atoms with Crippen LogP contribution < -0.4 is 10.1 Å². The lowest BCUT2D eigenvalue weighted by molar-refractivity contribution is -0.116. The van der Waals surface area contributed by atoms with Crippen molar-refractivity contribution in [2.24, 2.45) is 0 Å². The molecule has 0 saturated heterocycles. The first kappa shape index (κ1) is 13.2. The number of hydrogen-bond acceptors (Lipinski definition) is 2. The van der Waals surface area contributed by atoms with Crippen molar-refractivity contribution in [1.29, 1.82) is 0 Å². The predicted molar refractivity (Wildman–Crippen MR) is 73.5 cm³/mol. The van der Waals surface area contributed by atoms with Crippen LogP contribution in [0, 0.1) is 0 Å². The Labute approximate surface area is 112 Å². The summed E-state index contributed by atoms with van der Waals surface area (Å²) in [7, 11) is 0. The maximum absolute atomic E-state index is 11.2. The van der Waals surface area contributed by atoms with Gasteiger partial charge in [-0.25, -0.2) is 0 Å². The zero-order valence-electron chi connectivity index (χ0n) is 10.4. The molecule has 1 N–H and O–H groups in total. The Morgan fingerprint density at radius 3 is 2.94 bits per heavy atom. The van der Waals surface area contributed by atoms with Crippen LogP contribution in [0.15, 0.2) is 18.2 Å². The molecule has 1 aromatic carbocycles. The number of fused-ring (bicyclic) bond motifs is 1. The molecule has 1 aliphatic heterocycles. The molecule has 0 spiro atoms. The minimum atomic E-state index is 0.0947. The molecular weight excluding hydrogens is 250 g/mol. The topological polar surface area (TPSA) is 38.3 Å². The fourth-order valence-electron chi connectivity index (χ4n) is 2.01. The third-order valence-corrected chi connectivity index (χ3v) is 3.29. The molecule has 2 rings (SSSR count). The van der Waals surface area contributed by atoms with E-state index in [2.05, 4.69) is 5.32 Å². The van der Waals surface area contributed by atoms with E-state index >= 15 is 0 Å². The van der Waals surface area contributed by atoms with Gasteiger partial charge in [-0.15, -0.1) is 11.6 Å². The van der Waals surface area contributed by atoms with Gasteiger partial charge in [-0.1, -0.05) is 0 Å². The summed E-state index contributed by atoms with van der Waals surface area (Å²) >= 11 is 5.61. The van der Waals surface area contributed by atoms with Gasteiger partial charge in [0.1, 0.15) is 5.75 Å². The Morgan fingerprint density at radius 2 is 2.11 bits per heavy atom. The van der Waals surface area contributed by atoms with Gasteiger partial charge < -0.3 is 10.1 Å². The van der Waals surface area contributed by atoms with E-state index < -0.39 is 0 Å². The van der Waals surface area contributed by atoms with Gasteiger partial charge >= 0.3 is 0 Å². The second-order valence-electron chi connectivity index (χ2n) is 4.47. The van der Waals surface area contributed by atoms with Crippen molar-refractivity contribution < 1.29 is 9.53 Å². The molecule has 4 heteroatoms. The van der Waals surface area contributed by atoms with E-state index in [-0.39, 0.29) is 5.91 Å². The summed E-state index contributed by atoms with van der Waals surface area (Å²) in [4.78, 5) is 11.2. The summed E-state index contributed by atoms with van der Waals surface area (Å²) in [5.74, 6) is 1.70. The van der Waals surface area contributed by atoms with Crippen LogP contribution in [-0.4, -0.2) is 18.4 Å². The summed E-state index contributed by atoms with van der Waals surface area (Å²) in [5, 5.41) is 2.86. The molecule has 0 atom stereocenters. The lowest BCUT2D eigenvalue weighted by Crippen LogP contribution is -2.18. The molecular formula is C14H18ClNO2. The Balaban J connectivity index is 1.85. The first-order valence-electron chi connectivity index (χ1n) is 6.41. The molecule has 1 aromatic rings. The summed E-state index contributed by atoms with van der Waals surface area (Å²) in [6.07, 6.45) is 4.53. The molecule has 0 saturated carbocycles. The highest BCUT2D eigenvalue weighted by molar-refractivity contribution is 6.17. The summed E-state index contributed by atoms with van der Waals surface area (Å²) < 4.78 is 5.69. The second kappa shape index (κ2) is 6.64. The number of anilines is 1. The van der Waals surface area contributed by atoms with Crippen LogP contribution in [0.2, 0.25) is 0 Å². The molecule has 3 nitrogen and oxygen atoms in total. The van der Waals surface area contributed by atoms with Crippen molar-refractivity contribution in [2.45, 2.75) is 32.1 Å². The third-order valence-electron chi connectivity index (χ3n) is 3.02. The van der Waals surface area contributed by atoms with Crippen LogP contribution in [0.25, 0.3) is 0 Å². The largest absolute Gasteiger partial charge is 0.494 e. The minimum absolute atomic E-state index is 0.0947. The number of alkyl halides is 1. The van der Waals surface area contributed by atoms with E-state index in [0.29, 0.717) is 6.42 Å².